The predicted molar refractivity (Wildman–Crippen MR) is 51.4 cm³/mol. The highest BCUT2D eigenvalue weighted by Crippen LogP contribution is 2.19. The average Bonchev–Trinajstić information content (AvgIpc) is 1.84. The van der Waals surface area contributed by atoms with Crippen molar-refractivity contribution in [1.29, 1.82) is 0 Å². The second-order valence-electron chi connectivity index (χ2n) is 3.70. The summed E-state index contributed by atoms with van der Waals surface area (Å²) in [5, 5.41) is -0.289. The van der Waals surface area contributed by atoms with Crippen LogP contribution in [-0.4, -0.2) is 20.7 Å². The zero-order valence-corrected chi connectivity index (χ0v) is 9.27. The van der Waals surface area contributed by atoms with E-state index in [2.05, 4.69) is 4.72 Å². The van der Waals surface area contributed by atoms with Crippen LogP contribution in [0.2, 0.25) is 0 Å². The maximum absolute atomic E-state index is 11.5. The fourth-order valence-electron chi connectivity index (χ4n) is 1.62. The van der Waals surface area contributed by atoms with Crippen molar-refractivity contribution in [3.63, 3.8) is 0 Å². The average molecular weight is 193 g/mol. The first-order valence-corrected chi connectivity index (χ1v) is 5.80. The molecule has 0 unspecified atom stereocenters. The first-order chi connectivity index (χ1) is 5.33. The van der Waals surface area contributed by atoms with E-state index in [9.17, 15) is 8.42 Å². The van der Waals surface area contributed by atoms with Gasteiger partial charge in [0.2, 0.25) is 10.0 Å². The van der Waals surface area contributed by atoms with Crippen molar-refractivity contribution in [1.82, 2.24) is 4.72 Å². The Labute approximate surface area is 75.6 Å². The van der Waals surface area contributed by atoms with E-state index in [1.165, 1.54) is 7.05 Å². The third-order valence-electron chi connectivity index (χ3n) is 1.96. The minimum absolute atomic E-state index is 0.155. The van der Waals surface area contributed by atoms with Crippen LogP contribution in [0.4, 0.5) is 0 Å². The van der Waals surface area contributed by atoms with E-state index >= 15 is 0 Å². The van der Waals surface area contributed by atoms with Crippen molar-refractivity contribution in [2.45, 2.75) is 32.9 Å². The molecule has 0 aromatic rings. The summed E-state index contributed by atoms with van der Waals surface area (Å²) in [5.74, 6) is 0.310. The van der Waals surface area contributed by atoms with E-state index in [0.29, 0.717) is 0 Å². The highest BCUT2D eigenvalue weighted by atomic mass is 32.2. The Morgan fingerprint density at radius 3 is 1.42 bits per heavy atom. The number of rotatable bonds is 4. The quantitative estimate of drug-likeness (QED) is 0.729. The van der Waals surface area contributed by atoms with E-state index in [4.69, 9.17) is 0 Å². The summed E-state index contributed by atoms with van der Waals surface area (Å²) < 4.78 is 25.3. The molecule has 0 radical (unpaired) electrons. The molecule has 74 valence electrons. The molecular formula is C8H19NO2S. The first kappa shape index (κ1) is 11.9. The summed E-state index contributed by atoms with van der Waals surface area (Å²) in [6.07, 6.45) is 0. The molecule has 0 amide bonds. The van der Waals surface area contributed by atoms with Gasteiger partial charge in [0, 0.05) is 0 Å². The van der Waals surface area contributed by atoms with Gasteiger partial charge in [-0.25, -0.2) is 13.1 Å². The van der Waals surface area contributed by atoms with Crippen LogP contribution in [0.5, 0.6) is 0 Å². The van der Waals surface area contributed by atoms with Gasteiger partial charge in [-0.1, -0.05) is 27.7 Å². The summed E-state index contributed by atoms with van der Waals surface area (Å²) in [5.41, 5.74) is 0. The van der Waals surface area contributed by atoms with Crippen molar-refractivity contribution in [3.8, 4) is 0 Å². The normalized spacial score (nSPS) is 13.3. The lowest BCUT2D eigenvalue weighted by Crippen LogP contribution is -2.39. The molecule has 12 heavy (non-hydrogen) atoms. The number of nitrogens with one attached hydrogen (secondary N) is 1. The summed E-state index contributed by atoms with van der Waals surface area (Å²) in [4.78, 5) is 0. The van der Waals surface area contributed by atoms with Gasteiger partial charge >= 0.3 is 0 Å². The molecule has 0 bridgehead atoms. The maximum Gasteiger partial charge on any atom is 0.214 e. The molecular weight excluding hydrogens is 174 g/mol. The van der Waals surface area contributed by atoms with Crippen LogP contribution in [0.1, 0.15) is 27.7 Å². The zero-order valence-electron chi connectivity index (χ0n) is 8.46. The minimum Gasteiger partial charge on any atom is -0.218 e. The van der Waals surface area contributed by atoms with Crippen LogP contribution in [0.3, 0.4) is 0 Å². The highest BCUT2D eigenvalue weighted by Gasteiger charge is 2.29. The molecule has 4 heteroatoms. The van der Waals surface area contributed by atoms with E-state index in [1.54, 1.807) is 0 Å². The monoisotopic (exact) mass is 193 g/mol. The second kappa shape index (κ2) is 4.23. The van der Waals surface area contributed by atoms with Gasteiger partial charge in [-0.3, -0.25) is 0 Å². The van der Waals surface area contributed by atoms with Crippen molar-refractivity contribution in [2.24, 2.45) is 11.8 Å². The van der Waals surface area contributed by atoms with Gasteiger partial charge < -0.3 is 0 Å². The Morgan fingerprint density at radius 1 is 1.00 bits per heavy atom. The fourth-order valence-corrected chi connectivity index (χ4v) is 3.33. The second-order valence-corrected chi connectivity index (χ2v) is 5.74. The highest BCUT2D eigenvalue weighted by molar-refractivity contribution is 7.90. The lowest BCUT2D eigenvalue weighted by molar-refractivity contribution is 0.447. The predicted octanol–water partition coefficient (Wildman–Crippen LogP) is 1.22. The largest absolute Gasteiger partial charge is 0.218 e. The smallest absolute Gasteiger partial charge is 0.214 e. The Kier molecular flexibility index (Phi) is 4.20. The van der Waals surface area contributed by atoms with Gasteiger partial charge in [-0.05, 0) is 18.9 Å². The molecule has 0 rings (SSSR count). The molecule has 0 saturated heterocycles. The summed E-state index contributed by atoms with van der Waals surface area (Å²) >= 11 is 0. The third kappa shape index (κ3) is 2.75. The van der Waals surface area contributed by atoms with Crippen molar-refractivity contribution in [3.05, 3.63) is 0 Å². The van der Waals surface area contributed by atoms with Crippen molar-refractivity contribution in [2.75, 3.05) is 7.05 Å². The Hall–Kier alpha value is -0.0900. The molecule has 0 aliphatic carbocycles. The molecule has 0 fully saturated rings. The summed E-state index contributed by atoms with van der Waals surface area (Å²) in [7, 11) is -1.64. The van der Waals surface area contributed by atoms with E-state index in [-0.39, 0.29) is 17.1 Å². The molecule has 0 saturated carbocycles. The summed E-state index contributed by atoms with van der Waals surface area (Å²) in [6.45, 7) is 7.72. The van der Waals surface area contributed by atoms with Gasteiger partial charge in [-0.2, -0.15) is 0 Å². The maximum atomic E-state index is 11.5. The van der Waals surface area contributed by atoms with E-state index in [0.717, 1.165) is 0 Å². The lowest BCUT2D eigenvalue weighted by atomic mass is 10.0. The Bertz CT molecular complexity index is 211. The third-order valence-corrected chi connectivity index (χ3v) is 4.33. The van der Waals surface area contributed by atoms with Crippen molar-refractivity contribution < 1.29 is 8.42 Å². The van der Waals surface area contributed by atoms with E-state index < -0.39 is 10.0 Å². The SMILES string of the molecule is CNS(=O)(=O)C(C(C)C)C(C)C. The number of sulfonamides is 1. The van der Waals surface area contributed by atoms with Crippen LogP contribution < -0.4 is 4.72 Å². The van der Waals surface area contributed by atoms with Gasteiger partial charge in [0.15, 0.2) is 0 Å². The topological polar surface area (TPSA) is 46.2 Å². The number of hydrogen-bond donors (Lipinski definition) is 1. The zero-order chi connectivity index (χ0) is 9.94. The summed E-state index contributed by atoms with van der Waals surface area (Å²) in [6, 6.07) is 0. The molecule has 0 atom stereocenters. The molecule has 0 heterocycles. The van der Waals surface area contributed by atoms with Crippen molar-refractivity contribution >= 4 is 10.0 Å². The van der Waals surface area contributed by atoms with Gasteiger partial charge in [0.05, 0.1) is 5.25 Å². The first-order valence-electron chi connectivity index (χ1n) is 4.25. The fraction of sp³-hybridized carbons (Fsp3) is 1.00. The molecule has 0 spiro atoms. The molecule has 3 nitrogen and oxygen atoms in total. The molecule has 0 aromatic carbocycles. The lowest BCUT2D eigenvalue weighted by Gasteiger charge is -2.23. The Balaban J connectivity index is 4.76. The van der Waals surface area contributed by atoms with Crippen LogP contribution in [0, 0.1) is 11.8 Å². The molecule has 0 aliphatic heterocycles. The van der Waals surface area contributed by atoms with E-state index in [1.807, 2.05) is 27.7 Å². The standard InChI is InChI=1S/C8H19NO2S/c1-6(2)8(7(3)4)12(10,11)9-5/h6-9H,1-5H3. The minimum atomic E-state index is -3.11. The Morgan fingerprint density at radius 2 is 1.33 bits per heavy atom. The molecule has 0 aliphatic rings. The van der Waals surface area contributed by atoms with Gasteiger partial charge in [0.25, 0.3) is 0 Å². The van der Waals surface area contributed by atoms with Crippen LogP contribution in [0.25, 0.3) is 0 Å². The van der Waals surface area contributed by atoms with Crippen LogP contribution in [-0.2, 0) is 10.0 Å². The van der Waals surface area contributed by atoms with Gasteiger partial charge in [0.1, 0.15) is 0 Å². The van der Waals surface area contributed by atoms with Crippen LogP contribution >= 0.6 is 0 Å². The van der Waals surface area contributed by atoms with Crippen LogP contribution in [0.15, 0.2) is 0 Å². The molecule has 0 aromatic heterocycles. The number of hydrogen-bond acceptors (Lipinski definition) is 2. The van der Waals surface area contributed by atoms with Gasteiger partial charge in [-0.15, -0.1) is 0 Å². The molecule has 1 N–H and O–H groups in total.